The SMILES string of the molecule is CC1CCC(CNCC(C(C)C)N(C)C)CC1. The topological polar surface area (TPSA) is 15.3 Å². The van der Waals surface area contributed by atoms with Gasteiger partial charge in [-0.05, 0) is 51.2 Å². The molecule has 1 aliphatic rings. The lowest BCUT2D eigenvalue weighted by Gasteiger charge is -2.30. The van der Waals surface area contributed by atoms with Gasteiger partial charge < -0.3 is 10.2 Å². The van der Waals surface area contributed by atoms with Crippen LogP contribution in [0.1, 0.15) is 46.5 Å². The average molecular weight is 240 g/mol. The molecule has 17 heavy (non-hydrogen) atoms. The summed E-state index contributed by atoms with van der Waals surface area (Å²) in [6.45, 7) is 9.38. The van der Waals surface area contributed by atoms with E-state index in [-0.39, 0.29) is 0 Å². The van der Waals surface area contributed by atoms with Crippen molar-refractivity contribution in [2.24, 2.45) is 17.8 Å². The van der Waals surface area contributed by atoms with Crippen molar-refractivity contribution in [2.45, 2.75) is 52.5 Å². The lowest BCUT2D eigenvalue weighted by Crippen LogP contribution is -2.42. The van der Waals surface area contributed by atoms with Crippen molar-refractivity contribution in [3.05, 3.63) is 0 Å². The van der Waals surface area contributed by atoms with Crippen LogP contribution in [0.4, 0.5) is 0 Å². The highest BCUT2D eigenvalue weighted by Gasteiger charge is 2.19. The maximum Gasteiger partial charge on any atom is 0.0237 e. The monoisotopic (exact) mass is 240 g/mol. The van der Waals surface area contributed by atoms with Crippen molar-refractivity contribution in [3.63, 3.8) is 0 Å². The number of rotatable bonds is 6. The van der Waals surface area contributed by atoms with E-state index < -0.39 is 0 Å². The van der Waals surface area contributed by atoms with E-state index in [2.05, 4.69) is 45.1 Å². The summed E-state index contributed by atoms with van der Waals surface area (Å²) in [5.74, 6) is 2.63. The van der Waals surface area contributed by atoms with Crippen LogP contribution in [0.5, 0.6) is 0 Å². The standard InChI is InChI=1S/C15H32N2/c1-12(2)15(17(4)5)11-16-10-14-8-6-13(3)7-9-14/h12-16H,6-11H2,1-5H3. The summed E-state index contributed by atoms with van der Waals surface area (Å²) in [5.41, 5.74) is 0. The summed E-state index contributed by atoms with van der Waals surface area (Å²) in [7, 11) is 4.38. The van der Waals surface area contributed by atoms with Crippen molar-refractivity contribution in [2.75, 3.05) is 27.2 Å². The normalized spacial score (nSPS) is 27.7. The fourth-order valence-electron chi connectivity index (χ4n) is 2.98. The van der Waals surface area contributed by atoms with Crippen molar-refractivity contribution in [3.8, 4) is 0 Å². The van der Waals surface area contributed by atoms with Crippen LogP contribution in [0.15, 0.2) is 0 Å². The second-order valence-corrected chi connectivity index (χ2v) is 6.56. The number of hydrogen-bond acceptors (Lipinski definition) is 2. The summed E-state index contributed by atoms with van der Waals surface area (Å²) < 4.78 is 0. The summed E-state index contributed by atoms with van der Waals surface area (Å²) >= 11 is 0. The Labute approximate surface area is 108 Å². The van der Waals surface area contributed by atoms with E-state index in [9.17, 15) is 0 Å². The van der Waals surface area contributed by atoms with Gasteiger partial charge in [0.05, 0.1) is 0 Å². The minimum Gasteiger partial charge on any atom is -0.315 e. The zero-order valence-corrected chi connectivity index (χ0v) is 12.5. The minimum atomic E-state index is 0.664. The van der Waals surface area contributed by atoms with Gasteiger partial charge in [0.25, 0.3) is 0 Å². The second-order valence-electron chi connectivity index (χ2n) is 6.56. The summed E-state index contributed by atoms with van der Waals surface area (Å²) in [6, 6.07) is 0.664. The van der Waals surface area contributed by atoms with Gasteiger partial charge >= 0.3 is 0 Å². The van der Waals surface area contributed by atoms with Crippen LogP contribution in [0.2, 0.25) is 0 Å². The molecule has 102 valence electrons. The van der Waals surface area contributed by atoms with E-state index in [1.165, 1.54) is 32.2 Å². The number of nitrogens with one attached hydrogen (secondary N) is 1. The molecule has 1 atom stereocenters. The highest BCUT2D eigenvalue weighted by Crippen LogP contribution is 2.27. The Balaban J connectivity index is 2.18. The average Bonchev–Trinajstić information content (AvgIpc) is 2.25. The van der Waals surface area contributed by atoms with Gasteiger partial charge in [-0.2, -0.15) is 0 Å². The number of hydrogen-bond donors (Lipinski definition) is 1. The van der Waals surface area contributed by atoms with E-state index in [0.29, 0.717) is 6.04 Å². The van der Waals surface area contributed by atoms with Crippen molar-refractivity contribution < 1.29 is 0 Å². The predicted molar refractivity (Wildman–Crippen MR) is 76.3 cm³/mol. The van der Waals surface area contributed by atoms with Gasteiger partial charge in [-0.1, -0.05) is 33.6 Å². The minimum absolute atomic E-state index is 0.664. The molecule has 2 nitrogen and oxygen atoms in total. The third-order valence-electron chi connectivity index (χ3n) is 4.35. The van der Waals surface area contributed by atoms with Crippen LogP contribution in [-0.4, -0.2) is 38.1 Å². The quantitative estimate of drug-likeness (QED) is 0.768. The van der Waals surface area contributed by atoms with E-state index in [0.717, 1.165) is 24.3 Å². The van der Waals surface area contributed by atoms with Crippen LogP contribution < -0.4 is 5.32 Å². The molecule has 1 unspecified atom stereocenters. The Morgan fingerprint density at radius 2 is 1.71 bits per heavy atom. The highest BCUT2D eigenvalue weighted by atomic mass is 15.1. The molecule has 0 saturated heterocycles. The molecule has 0 aromatic rings. The Bertz CT molecular complexity index is 185. The predicted octanol–water partition coefficient (Wildman–Crippen LogP) is 2.99. The highest BCUT2D eigenvalue weighted by molar-refractivity contribution is 4.76. The van der Waals surface area contributed by atoms with Gasteiger partial charge in [-0.25, -0.2) is 0 Å². The second kappa shape index (κ2) is 7.38. The Morgan fingerprint density at radius 1 is 1.12 bits per heavy atom. The van der Waals surface area contributed by atoms with Gasteiger partial charge in [0.15, 0.2) is 0 Å². The molecular formula is C15H32N2. The van der Waals surface area contributed by atoms with E-state index in [1.807, 2.05) is 0 Å². The molecule has 1 N–H and O–H groups in total. The molecule has 0 radical (unpaired) electrons. The molecule has 0 bridgehead atoms. The van der Waals surface area contributed by atoms with Crippen LogP contribution in [-0.2, 0) is 0 Å². The maximum absolute atomic E-state index is 3.69. The summed E-state index contributed by atoms with van der Waals surface area (Å²) in [6.07, 6.45) is 5.74. The Hall–Kier alpha value is -0.0800. The fraction of sp³-hybridized carbons (Fsp3) is 1.00. The largest absolute Gasteiger partial charge is 0.315 e. The van der Waals surface area contributed by atoms with Crippen LogP contribution >= 0.6 is 0 Å². The number of nitrogens with zero attached hydrogens (tertiary/aromatic N) is 1. The van der Waals surface area contributed by atoms with Crippen LogP contribution in [0.25, 0.3) is 0 Å². The third kappa shape index (κ3) is 5.39. The van der Waals surface area contributed by atoms with Gasteiger partial charge in [0.1, 0.15) is 0 Å². The van der Waals surface area contributed by atoms with Gasteiger partial charge in [0, 0.05) is 12.6 Å². The first-order valence-electron chi connectivity index (χ1n) is 7.37. The molecule has 0 aromatic heterocycles. The molecule has 0 spiro atoms. The molecule has 1 rings (SSSR count). The molecule has 1 aliphatic carbocycles. The first kappa shape index (κ1) is 15.0. The first-order chi connectivity index (χ1) is 8.00. The lowest BCUT2D eigenvalue weighted by atomic mass is 9.83. The zero-order valence-electron chi connectivity index (χ0n) is 12.5. The summed E-state index contributed by atoms with van der Waals surface area (Å²) in [5, 5.41) is 3.69. The molecule has 0 aliphatic heterocycles. The van der Waals surface area contributed by atoms with Crippen LogP contribution in [0, 0.1) is 17.8 Å². The Kier molecular flexibility index (Phi) is 6.50. The first-order valence-corrected chi connectivity index (χ1v) is 7.37. The van der Waals surface area contributed by atoms with E-state index in [1.54, 1.807) is 0 Å². The molecular weight excluding hydrogens is 208 g/mol. The van der Waals surface area contributed by atoms with Gasteiger partial charge in [-0.3, -0.25) is 0 Å². The molecule has 0 aromatic carbocycles. The molecule has 1 fully saturated rings. The Morgan fingerprint density at radius 3 is 2.18 bits per heavy atom. The van der Waals surface area contributed by atoms with Crippen molar-refractivity contribution in [1.82, 2.24) is 10.2 Å². The van der Waals surface area contributed by atoms with Gasteiger partial charge in [0.2, 0.25) is 0 Å². The molecule has 1 saturated carbocycles. The smallest absolute Gasteiger partial charge is 0.0237 e. The van der Waals surface area contributed by atoms with Gasteiger partial charge in [-0.15, -0.1) is 0 Å². The summed E-state index contributed by atoms with van der Waals surface area (Å²) in [4.78, 5) is 2.35. The zero-order chi connectivity index (χ0) is 12.8. The van der Waals surface area contributed by atoms with E-state index in [4.69, 9.17) is 0 Å². The van der Waals surface area contributed by atoms with Crippen LogP contribution in [0.3, 0.4) is 0 Å². The van der Waals surface area contributed by atoms with Crippen molar-refractivity contribution in [1.29, 1.82) is 0 Å². The van der Waals surface area contributed by atoms with E-state index >= 15 is 0 Å². The molecule has 0 amide bonds. The molecule has 0 heterocycles. The number of likely N-dealkylation sites (N-methyl/N-ethyl adjacent to an activating group) is 1. The fourth-order valence-corrected chi connectivity index (χ4v) is 2.98. The van der Waals surface area contributed by atoms with Crippen molar-refractivity contribution >= 4 is 0 Å². The maximum atomic E-state index is 3.69. The third-order valence-corrected chi connectivity index (χ3v) is 4.35. The lowest BCUT2D eigenvalue weighted by molar-refractivity contribution is 0.214. The molecule has 2 heteroatoms.